The number of nitrogens with zero attached hydrogens (tertiary/aromatic N) is 12. The van der Waals surface area contributed by atoms with Crippen molar-refractivity contribution in [2.75, 3.05) is 0 Å². The third kappa shape index (κ3) is 11.8. The molecular formula is C66H53IrN12S3. The zero-order chi connectivity index (χ0) is 55.4. The van der Waals surface area contributed by atoms with E-state index in [1.165, 1.54) is 27.8 Å². The van der Waals surface area contributed by atoms with E-state index in [0.717, 1.165) is 105 Å². The van der Waals surface area contributed by atoms with Crippen molar-refractivity contribution < 1.29 is 20.1 Å². The Kier molecular flexibility index (Phi) is 17.0. The zero-order valence-corrected chi connectivity index (χ0v) is 50.6. The van der Waals surface area contributed by atoms with Gasteiger partial charge >= 0.3 is 20.1 Å². The van der Waals surface area contributed by atoms with E-state index in [1.807, 2.05) is 49.3 Å². The normalized spacial score (nSPS) is 11.2. The Bertz CT molecular complexity index is 3960. The zero-order valence-electron chi connectivity index (χ0n) is 45.8. The fourth-order valence-corrected chi connectivity index (χ4v) is 13.1. The molecule has 5 aromatic heterocycles. The van der Waals surface area contributed by atoms with E-state index in [1.54, 1.807) is 60.6 Å². The monoisotopic (exact) mass is 1300 g/mol. The molecule has 0 amide bonds. The van der Waals surface area contributed by atoms with E-state index in [2.05, 4.69) is 206 Å². The molecule has 7 aromatic carbocycles. The second kappa shape index (κ2) is 24.9. The molecule has 404 valence electrons. The first kappa shape index (κ1) is 55.8. The minimum atomic E-state index is 0. The van der Waals surface area contributed by atoms with Crippen LogP contribution in [0.4, 0.5) is 0 Å². The van der Waals surface area contributed by atoms with E-state index in [-0.39, 0.29) is 20.1 Å². The molecule has 16 heteroatoms. The number of thioether (sulfide) groups is 3. The number of aryl methyl sites for hydroxylation is 6. The van der Waals surface area contributed by atoms with Gasteiger partial charge < -0.3 is 13.7 Å². The Morgan fingerprint density at radius 3 is 1.11 bits per heavy atom. The van der Waals surface area contributed by atoms with E-state index in [4.69, 9.17) is 15.0 Å². The molecule has 0 spiro atoms. The number of para-hydroxylation sites is 3. The summed E-state index contributed by atoms with van der Waals surface area (Å²) in [6.45, 7) is 12.8. The fourth-order valence-electron chi connectivity index (χ4n) is 10.4. The maximum Gasteiger partial charge on any atom is 3.00 e. The van der Waals surface area contributed by atoms with E-state index in [9.17, 15) is 0 Å². The van der Waals surface area contributed by atoms with Crippen LogP contribution >= 0.6 is 35.3 Å². The molecule has 0 unspecified atom stereocenters. The van der Waals surface area contributed by atoms with Crippen molar-refractivity contribution in [1.29, 1.82) is 0 Å². The Morgan fingerprint density at radius 2 is 0.744 bits per heavy atom. The average molecular weight is 1300 g/mol. The van der Waals surface area contributed by atoms with Crippen LogP contribution in [-0.4, -0.2) is 58.6 Å². The predicted octanol–water partition coefficient (Wildman–Crippen LogP) is 15.1. The van der Waals surface area contributed by atoms with Gasteiger partial charge in [-0.15, -0.1) is 77.4 Å². The SMILES string of the molecule is Cc1cccc(C)c1-n1ccnc1-c1[c-]cc(SCc2cc(CSc3c[c-]c(-c4nccn4-c4c(C)cccc4C)cc3-c3ncncn3)cc(CSc3c[c-]c(-c4nccn4-c4c(C)cccc4C)cc3-c3ncncn3)c2)cc1.[Ir+3]. The van der Waals surface area contributed by atoms with Crippen LogP contribution in [0.1, 0.15) is 50.1 Å². The van der Waals surface area contributed by atoms with Crippen LogP contribution in [0.2, 0.25) is 0 Å². The average Bonchev–Trinajstić information content (AvgIpc) is 4.47. The fraction of sp³-hybridized carbons (Fsp3) is 0.136. The molecule has 0 aliphatic carbocycles. The summed E-state index contributed by atoms with van der Waals surface area (Å²) in [5.41, 5.74) is 18.3. The molecule has 0 radical (unpaired) electrons. The van der Waals surface area contributed by atoms with Crippen LogP contribution in [0.3, 0.4) is 0 Å². The molecule has 0 saturated heterocycles. The Labute approximate surface area is 503 Å². The molecule has 12 rings (SSSR count). The number of benzene rings is 7. The third-order valence-corrected chi connectivity index (χ3v) is 17.4. The van der Waals surface area contributed by atoms with Crippen molar-refractivity contribution in [3.05, 3.63) is 246 Å². The summed E-state index contributed by atoms with van der Waals surface area (Å²) < 4.78 is 6.44. The topological polar surface area (TPSA) is 131 Å². The number of aromatic nitrogens is 12. The van der Waals surface area contributed by atoms with Gasteiger partial charge in [0.05, 0.1) is 17.5 Å². The van der Waals surface area contributed by atoms with Crippen molar-refractivity contribution in [1.82, 2.24) is 58.6 Å². The first-order valence-corrected chi connectivity index (χ1v) is 29.3. The number of rotatable bonds is 17. The van der Waals surface area contributed by atoms with E-state index < -0.39 is 0 Å². The van der Waals surface area contributed by atoms with Crippen LogP contribution in [0.25, 0.3) is 74.0 Å². The van der Waals surface area contributed by atoms with Gasteiger partial charge in [0.1, 0.15) is 37.0 Å². The third-order valence-electron chi connectivity index (χ3n) is 14.1. The molecule has 12 nitrogen and oxygen atoms in total. The van der Waals surface area contributed by atoms with Crippen LogP contribution in [0.5, 0.6) is 0 Å². The second-order valence-electron chi connectivity index (χ2n) is 19.7. The van der Waals surface area contributed by atoms with Crippen LogP contribution in [-0.2, 0) is 37.4 Å². The number of hydrogen-bond donors (Lipinski definition) is 0. The summed E-state index contributed by atoms with van der Waals surface area (Å²) in [5, 5.41) is 0. The molecule has 5 heterocycles. The first-order chi connectivity index (χ1) is 39.6. The van der Waals surface area contributed by atoms with Crippen molar-refractivity contribution in [3.63, 3.8) is 0 Å². The standard InChI is InChI=1S/C66H53N12S3.Ir/c1-42-10-7-11-43(2)59(42)76-27-24-69-64(76)51-16-20-54(21-17-51)79-35-48-30-49(36-80-57-22-18-52(33-55(57)62-72-38-67-39-73-62)65-70-25-28-77(65)60-44(3)12-8-13-45(60)4)32-50(31-48)37-81-58-23-19-53(34-56(58)63-74-40-68-41-75-63)66-71-26-29-78(66)61-46(5)14-9-15-47(61)6;/h7-16,20-34,38-41H,35-37H2,1-6H3;/q-3;+3. The quantitative estimate of drug-likeness (QED) is 0.0635. The van der Waals surface area contributed by atoms with Crippen LogP contribution in [0.15, 0.2) is 192 Å². The summed E-state index contributed by atoms with van der Waals surface area (Å²) in [4.78, 5) is 44.4. The van der Waals surface area contributed by atoms with E-state index in [0.29, 0.717) is 23.2 Å². The number of imidazole rings is 3. The van der Waals surface area contributed by atoms with Crippen molar-refractivity contribution in [2.24, 2.45) is 0 Å². The van der Waals surface area contributed by atoms with Crippen molar-refractivity contribution >= 4 is 35.3 Å². The largest absolute Gasteiger partial charge is 3.00 e. The molecule has 0 saturated carbocycles. The van der Waals surface area contributed by atoms with Gasteiger partial charge in [0.15, 0.2) is 0 Å². The molecule has 82 heavy (non-hydrogen) atoms. The Morgan fingerprint density at radius 1 is 0.390 bits per heavy atom. The molecular weight excluding hydrogens is 1250 g/mol. The summed E-state index contributed by atoms with van der Waals surface area (Å²) >= 11 is 5.26. The molecule has 0 aliphatic heterocycles. The van der Waals surface area contributed by atoms with Gasteiger partial charge in [-0.05, 0) is 103 Å². The van der Waals surface area contributed by atoms with Crippen LogP contribution in [0, 0.1) is 59.7 Å². The summed E-state index contributed by atoms with van der Waals surface area (Å²) in [6.07, 6.45) is 17.7. The molecule has 0 atom stereocenters. The van der Waals surface area contributed by atoms with Crippen LogP contribution < -0.4 is 0 Å². The number of hydrogen-bond acceptors (Lipinski definition) is 12. The van der Waals surface area contributed by atoms with E-state index >= 15 is 0 Å². The van der Waals surface area contributed by atoms with Gasteiger partial charge in [0.2, 0.25) is 0 Å². The van der Waals surface area contributed by atoms with Gasteiger partial charge in [-0.3, -0.25) is 15.0 Å². The summed E-state index contributed by atoms with van der Waals surface area (Å²) in [6, 6.07) is 51.4. The molecule has 0 aliphatic rings. The minimum absolute atomic E-state index is 0. The smallest absolute Gasteiger partial charge is 0.340 e. The van der Waals surface area contributed by atoms with Gasteiger partial charge in [-0.1, -0.05) is 87.5 Å². The van der Waals surface area contributed by atoms with Crippen molar-refractivity contribution in [2.45, 2.75) is 73.5 Å². The molecule has 0 bridgehead atoms. The second-order valence-corrected chi connectivity index (χ2v) is 22.8. The first-order valence-electron chi connectivity index (χ1n) is 26.3. The maximum absolute atomic E-state index is 4.84. The van der Waals surface area contributed by atoms with Gasteiger partial charge in [-0.2, -0.15) is 35.3 Å². The molecule has 0 N–H and O–H groups in total. The summed E-state index contributed by atoms with van der Waals surface area (Å²) in [5.74, 6) is 5.71. The van der Waals surface area contributed by atoms with Gasteiger partial charge in [0, 0.05) is 71.5 Å². The maximum atomic E-state index is 4.84. The minimum Gasteiger partial charge on any atom is -0.340 e. The predicted molar refractivity (Wildman–Crippen MR) is 325 cm³/mol. The molecule has 0 fully saturated rings. The molecule has 12 aromatic rings. The van der Waals surface area contributed by atoms with Gasteiger partial charge in [-0.25, -0.2) is 29.9 Å². The Balaban J connectivity index is 0.00000705. The summed E-state index contributed by atoms with van der Waals surface area (Å²) in [7, 11) is 0. The van der Waals surface area contributed by atoms with Crippen molar-refractivity contribution in [3.8, 4) is 74.0 Å². The Hall–Kier alpha value is -8.11. The van der Waals surface area contributed by atoms with Gasteiger partial charge in [0.25, 0.3) is 0 Å².